The van der Waals surface area contributed by atoms with E-state index in [9.17, 15) is 8.78 Å². The Morgan fingerprint density at radius 1 is 0.914 bits per heavy atom. The zero-order valence-corrected chi connectivity index (χ0v) is 20.2. The molecule has 2 atom stereocenters. The summed E-state index contributed by atoms with van der Waals surface area (Å²) < 4.78 is 27.0. The van der Waals surface area contributed by atoms with E-state index >= 15 is 0 Å². The standard InChI is InChI=1S/C30H33F2N3/c1-21-6-15-27(35(21)19-17-24-20-34-29-5-3-2-4-28(24)29)16-18-33-30(22-7-11-25(31)12-8-22)23-9-13-26(32)14-10-23/h2-5,7-14,20-21,27,30,33-34H,6,15-19H2,1H3. The maximum atomic E-state index is 13.5. The number of H-pyrrole nitrogens is 1. The predicted molar refractivity (Wildman–Crippen MR) is 138 cm³/mol. The zero-order chi connectivity index (χ0) is 24.2. The van der Waals surface area contributed by atoms with Crippen molar-refractivity contribution in [3.8, 4) is 0 Å². The lowest BCUT2D eigenvalue weighted by Crippen LogP contribution is -2.38. The van der Waals surface area contributed by atoms with E-state index in [0.717, 1.165) is 37.1 Å². The summed E-state index contributed by atoms with van der Waals surface area (Å²) in [5.41, 5.74) is 4.54. The second kappa shape index (κ2) is 10.7. The number of hydrogen-bond donors (Lipinski definition) is 2. The minimum Gasteiger partial charge on any atom is -0.361 e. The largest absolute Gasteiger partial charge is 0.361 e. The Labute approximate surface area is 206 Å². The first-order valence-corrected chi connectivity index (χ1v) is 12.6. The summed E-state index contributed by atoms with van der Waals surface area (Å²) in [6.45, 7) is 4.22. The third kappa shape index (κ3) is 5.47. The highest BCUT2D eigenvalue weighted by molar-refractivity contribution is 5.83. The highest BCUT2D eigenvalue weighted by Gasteiger charge is 2.30. The quantitative estimate of drug-likeness (QED) is 0.287. The van der Waals surface area contributed by atoms with Gasteiger partial charge >= 0.3 is 0 Å². The van der Waals surface area contributed by atoms with Crippen molar-refractivity contribution in [1.82, 2.24) is 15.2 Å². The molecule has 3 nitrogen and oxygen atoms in total. The molecule has 4 aromatic rings. The third-order valence-electron chi connectivity index (χ3n) is 7.50. The number of nitrogens with one attached hydrogen (secondary N) is 2. The smallest absolute Gasteiger partial charge is 0.123 e. The first-order chi connectivity index (χ1) is 17.1. The van der Waals surface area contributed by atoms with Crippen LogP contribution in [-0.2, 0) is 6.42 Å². The van der Waals surface area contributed by atoms with E-state index < -0.39 is 0 Å². The predicted octanol–water partition coefficient (Wildman–Crippen LogP) is 6.61. The van der Waals surface area contributed by atoms with Crippen LogP contribution in [-0.4, -0.2) is 35.1 Å². The molecular weight excluding hydrogens is 440 g/mol. The van der Waals surface area contributed by atoms with Gasteiger partial charge in [0.1, 0.15) is 11.6 Å². The number of para-hydroxylation sites is 1. The van der Waals surface area contributed by atoms with Crippen LogP contribution in [0.1, 0.15) is 48.9 Å². The van der Waals surface area contributed by atoms with Crippen molar-refractivity contribution in [3.05, 3.63) is 107 Å². The number of aromatic amines is 1. The minimum absolute atomic E-state index is 0.102. The molecule has 1 aromatic heterocycles. The number of rotatable bonds is 9. The molecule has 1 saturated heterocycles. The van der Waals surface area contributed by atoms with Gasteiger partial charge in [0.25, 0.3) is 0 Å². The van der Waals surface area contributed by atoms with Crippen LogP contribution < -0.4 is 5.32 Å². The van der Waals surface area contributed by atoms with E-state index in [1.165, 1.54) is 53.6 Å². The van der Waals surface area contributed by atoms with Gasteiger partial charge in [-0.15, -0.1) is 0 Å². The molecule has 2 unspecified atom stereocenters. The van der Waals surface area contributed by atoms with Gasteiger partial charge in [-0.3, -0.25) is 4.90 Å². The molecular formula is C30H33F2N3. The van der Waals surface area contributed by atoms with Gasteiger partial charge in [-0.05, 0) is 86.2 Å². The Morgan fingerprint density at radius 2 is 1.57 bits per heavy atom. The molecule has 2 N–H and O–H groups in total. The third-order valence-corrected chi connectivity index (χ3v) is 7.50. The number of fused-ring (bicyclic) bond motifs is 1. The molecule has 5 rings (SSSR count). The van der Waals surface area contributed by atoms with Crippen LogP contribution in [0.3, 0.4) is 0 Å². The van der Waals surface area contributed by atoms with Crippen LogP contribution in [0.25, 0.3) is 10.9 Å². The fourth-order valence-corrected chi connectivity index (χ4v) is 5.56. The monoisotopic (exact) mass is 473 g/mol. The van der Waals surface area contributed by atoms with Crippen molar-refractivity contribution in [1.29, 1.82) is 0 Å². The summed E-state index contributed by atoms with van der Waals surface area (Å²) in [6.07, 6.45) is 6.65. The molecule has 0 amide bonds. The molecule has 35 heavy (non-hydrogen) atoms. The van der Waals surface area contributed by atoms with Gasteiger partial charge in [0.15, 0.2) is 0 Å². The number of hydrogen-bond acceptors (Lipinski definition) is 2. The number of nitrogens with zero attached hydrogens (tertiary/aromatic N) is 1. The van der Waals surface area contributed by atoms with Gasteiger partial charge in [0.2, 0.25) is 0 Å². The molecule has 5 heteroatoms. The summed E-state index contributed by atoms with van der Waals surface area (Å²) in [4.78, 5) is 6.06. The first kappa shape index (κ1) is 23.7. The molecule has 0 radical (unpaired) electrons. The number of likely N-dealkylation sites (tertiary alicyclic amines) is 1. The maximum absolute atomic E-state index is 13.5. The summed E-state index contributed by atoms with van der Waals surface area (Å²) in [5.74, 6) is -0.505. The lowest BCUT2D eigenvalue weighted by atomic mass is 9.98. The van der Waals surface area contributed by atoms with Gasteiger partial charge < -0.3 is 10.3 Å². The van der Waals surface area contributed by atoms with Crippen molar-refractivity contribution < 1.29 is 8.78 Å². The van der Waals surface area contributed by atoms with Gasteiger partial charge in [0.05, 0.1) is 6.04 Å². The molecule has 2 heterocycles. The molecule has 1 aliphatic heterocycles. The number of benzene rings is 3. The fraction of sp³-hybridized carbons (Fsp3) is 0.333. The van der Waals surface area contributed by atoms with Gasteiger partial charge in [-0.1, -0.05) is 42.5 Å². The van der Waals surface area contributed by atoms with Crippen LogP contribution in [0.4, 0.5) is 8.78 Å². The van der Waals surface area contributed by atoms with Crippen molar-refractivity contribution in [2.75, 3.05) is 13.1 Å². The Kier molecular flexibility index (Phi) is 7.26. The summed E-state index contributed by atoms with van der Waals surface area (Å²) in [7, 11) is 0. The Balaban J connectivity index is 1.23. The Morgan fingerprint density at radius 3 is 2.26 bits per heavy atom. The fourth-order valence-electron chi connectivity index (χ4n) is 5.56. The van der Waals surface area contributed by atoms with Crippen molar-refractivity contribution in [3.63, 3.8) is 0 Å². The molecule has 0 spiro atoms. The number of aromatic nitrogens is 1. The van der Waals surface area contributed by atoms with E-state index in [1.54, 1.807) is 0 Å². The van der Waals surface area contributed by atoms with Crippen LogP contribution in [0.15, 0.2) is 79.0 Å². The second-order valence-corrected chi connectivity index (χ2v) is 9.71. The van der Waals surface area contributed by atoms with Crippen LogP contribution in [0.5, 0.6) is 0 Å². The van der Waals surface area contributed by atoms with Gasteiger partial charge in [-0.25, -0.2) is 8.78 Å². The molecule has 1 aliphatic rings. The first-order valence-electron chi connectivity index (χ1n) is 12.6. The van der Waals surface area contributed by atoms with Crippen molar-refractivity contribution in [2.24, 2.45) is 0 Å². The molecule has 0 bridgehead atoms. The number of halogens is 2. The van der Waals surface area contributed by atoms with Crippen molar-refractivity contribution in [2.45, 2.75) is 50.7 Å². The molecule has 0 saturated carbocycles. The average molecular weight is 474 g/mol. The topological polar surface area (TPSA) is 31.1 Å². The van der Waals surface area contributed by atoms with Gasteiger partial charge in [-0.2, -0.15) is 0 Å². The lowest BCUT2D eigenvalue weighted by molar-refractivity contribution is 0.196. The van der Waals surface area contributed by atoms with E-state index in [0.29, 0.717) is 12.1 Å². The van der Waals surface area contributed by atoms with Crippen LogP contribution in [0, 0.1) is 11.6 Å². The maximum Gasteiger partial charge on any atom is 0.123 e. The highest BCUT2D eigenvalue weighted by atomic mass is 19.1. The highest BCUT2D eigenvalue weighted by Crippen LogP contribution is 2.28. The van der Waals surface area contributed by atoms with E-state index in [1.807, 2.05) is 24.3 Å². The van der Waals surface area contributed by atoms with Crippen LogP contribution in [0.2, 0.25) is 0 Å². The molecule has 182 valence electrons. The van der Waals surface area contributed by atoms with Crippen molar-refractivity contribution >= 4 is 10.9 Å². The minimum atomic E-state index is -0.252. The summed E-state index contributed by atoms with van der Waals surface area (Å²) >= 11 is 0. The Bertz CT molecular complexity index is 1190. The molecule has 0 aliphatic carbocycles. The normalized spacial score (nSPS) is 18.6. The van der Waals surface area contributed by atoms with Gasteiger partial charge in [0, 0.05) is 35.7 Å². The molecule has 1 fully saturated rings. The van der Waals surface area contributed by atoms with Crippen LogP contribution >= 0.6 is 0 Å². The SMILES string of the molecule is CC1CCC(CCNC(c2ccc(F)cc2)c2ccc(F)cc2)N1CCc1c[nH]c2ccccc12. The summed E-state index contributed by atoms with van der Waals surface area (Å²) in [6, 6.07) is 22.7. The average Bonchev–Trinajstić information content (AvgIpc) is 3.45. The molecule has 3 aromatic carbocycles. The Hall–Kier alpha value is -3.02. The van der Waals surface area contributed by atoms with E-state index in [-0.39, 0.29) is 17.7 Å². The second-order valence-electron chi connectivity index (χ2n) is 9.71. The van der Waals surface area contributed by atoms with E-state index in [4.69, 9.17) is 0 Å². The van der Waals surface area contributed by atoms with E-state index in [2.05, 4.69) is 52.6 Å². The zero-order valence-electron chi connectivity index (χ0n) is 20.2. The summed E-state index contributed by atoms with van der Waals surface area (Å²) in [5, 5.41) is 4.99. The lowest BCUT2D eigenvalue weighted by Gasteiger charge is -2.29.